The van der Waals surface area contributed by atoms with Crippen LogP contribution in [0.15, 0.2) is 54.6 Å². The lowest BCUT2D eigenvalue weighted by molar-refractivity contribution is -0.389. The van der Waals surface area contributed by atoms with Crippen LogP contribution in [-0.4, -0.2) is 32.1 Å². The Morgan fingerprint density at radius 1 is 1.10 bits per heavy atom. The van der Waals surface area contributed by atoms with Crippen LogP contribution in [0.5, 0.6) is 5.75 Å². The number of hydrogen-bond donors (Lipinski definition) is 1. The molecule has 0 atom stereocenters. The Kier molecular flexibility index (Phi) is 6.55. The molecular formula is C20H19N5O6. The number of aromatic nitrogens is 2. The summed E-state index contributed by atoms with van der Waals surface area (Å²) in [5.41, 5.74) is 1.80. The molecule has 0 radical (unpaired) electrons. The molecule has 0 saturated carbocycles. The van der Waals surface area contributed by atoms with E-state index in [0.717, 1.165) is 5.56 Å². The smallest absolute Gasteiger partial charge is 0.390 e. The summed E-state index contributed by atoms with van der Waals surface area (Å²) in [7, 11) is 0. The standard InChI is InChI=1S/C20H19N5O6/c1-14-11-19(25(29)30)22-23(14)10-9-21-20(26)16-4-2-3-15(12-16)13-31-18-7-5-17(6-8-18)24(27)28/h2-8,11-12H,9-10,13H2,1H3,(H,21,26). The van der Waals surface area contributed by atoms with Crippen molar-refractivity contribution in [2.45, 2.75) is 20.1 Å². The van der Waals surface area contributed by atoms with Gasteiger partial charge in [-0.3, -0.25) is 14.9 Å². The normalized spacial score (nSPS) is 10.5. The molecule has 1 amide bonds. The summed E-state index contributed by atoms with van der Waals surface area (Å²) in [5, 5.41) is 28.1. The van der Waals surface area contributed by atoms with Crippen molar-refractivity contribution in [3.05, 3.63) is 91.6 Å². The molecule has 31 heavy (non-hydrogen) atoms. The van der Waals surface area contributed by atoms with Gasteiger partial charge in [0, 0.05) is 24.2 Å². The van der Waals surface area contributed by atoms with E-state index in [2.05, 4.69) is 10.4 Å². The van der Waals surface area contributed by atoms with Crippen molar-refractivity contribution in [2.75, 3.05) is 6.54 Å². The minimum Gasteiger partial charge on any atom is -0.489 e. The van der Waals surface area contributed by atoms with Gasteiger partial charge in [0.2, 0.25) is 0 Å². The van der Waals surface area contributed by atoms with E-state index in [-0.39, 0.29) is 30.6 Å². The van der Waals surface area contributed by atoms with Gasteiger partial charge >= 0.3 is 5.82 Å². The van der Waals surface area contributed by atoms with Gasteiger partial charge in [-0.05, 0) is 41.7 Å². The maximum Gasteiger partial charge on any atom is 0.390 e. The van der Waals surface area contributed by atoms with Crippen LogP contribution in [0.25, 0.3) is 0 Å². The number of carbonyl (C=O) groups is 1. The SMILES string of the molecule is Cc1cc([N+](=O)[O-])nn1CCNC(=O)c1cccc(COc2ccc([N+](=O)[O-])cc2)c1. The second-order valence-electron chi connectivity index (χ2n) is 6.62. The van der Waals surface area contributed by atoms with E-state index in [9.17, 15) is 25.0 Å². The molecule has 0 aliphatic rings. The van der Waals surface area contributed by atoms with E-state index in [4.69, 9.17) is 4.74 Å². The number of benzene rings is 2. The van der Waals surface area contributed by atoms with Crippen molar-refractivity contribution < 1.29 is 19.4 Å². The van der Waals surface area contributed by atoms with Gasteiger partial charge in [-0.1, -0.05) is 12.1 Å². The van der Waals surface area contributed by atoms with E-state index in [1.165, 1.54) is 35.0 Å². The fourth-order valence-corrected chi connectivity index (χ4v) is 2.82. The molecule has 2 aromatic carbocycles. The van der Waals surface area contributed by atoms with Crippen molar-refractivity contribution in [3.63, 3.8) is 0 Å². The Morgan fingerprint density at radius 2 is 1.84 bits per heavy atom. The first-order chi connectivity index (χ1) is 14.8. The predicted molar refractivity (Wildman–Crippen MR) is 110 cm³/mol. The van der Waals surface area contributed by atoms with Crippen LogP contribution >= 0.6 is 0 Å². The van der Waals surface area contributed by atoms with Crippen LogP contribution < -0.4 is 10.1 Å². The number of nitro benzene ring substituents is 1. The molecule has 0 spiro atoms. The maximum absolute atomic E-state index is 12.4. The number of ether oxygens (including phenoxy) is 1. The molecule has 0 bridgehead atoms. The number of hydrogen-bond acceptors (Lipinski definition) is 7. The van der Waals surface area contributed by atoms with Gasteiger partial charge in [-0.2, -0.15) is 4.68 Å². The first kappa shape index (κ1) is 21.4. The van der Waals surface area contributed by atoms with Gasteiger partial charge in [-0.15, -0.1) is 0 Å². The van der Waals surface area contributed by atoms with E-state index in [1.807, 2.05) is 0 Å². The number of carbonyl (C=O) groups excluding carboxylic acids is 1. The molecule has 11 heteroatoms. The second kappa shape index (κ2) is 9.48. The Hall–Kier alpha value is -4.28. The van der Waals surface area contributed by atoms with Gasteiger partial charge in [0.1, 0.15) is 12.4 Å². The summed E-state index contributed by atoms with van der Waals surface area (Å²) in [6.45, 7) is 2.45. The highest BCUT2D eigenvalue weighted by atomic mass is 16.6. The largest absolute Gasteiger partial charge is 0.489 e. The minimum absolute atomic E-state index is 0.0223. The van der Waals surface area contributed by atoms with Gasteiger partial charge in [-0.25, -0.2) is 0 Å². The zero-order valence-corrected chi connectivity index (χ0v) is 16.6. The Morgan fingerprint density at radius 3 is 2.48 bits per heavy atom. The topological polar surface area (TPSA) is 142 Å². The summed E-state index contributed by atoms with van der Waals surface area (Å²) in [6.07, 6.45) is 0. The number of non-ortho nitro benzene ring substituents is 1. The minimum atomic E-state index is -0.563. The molecule has 0 aliphatic heterocycles. The second-order valence-corrected chi connectivity index (χ2v) is 6.62. The van der Waals surface area contributed by atoms with E-state index < -0.39 is 9.85 Å². The third-order valence-electron chi connectivity index (χ3n) is 4.41. The molecule has 1 heterocycles. The number of rotatable bonds is 9. The van der Waals surface area contributed by atoms with Gasteiger partial charge in [0.15, 0.2) is 0 Å². The molecule has 0 fully saturated rings. The van der Waals surface area contributed by atoms with Crippen LogP contribution in [0.4, 0.5) is 11.5 Å². The lowest BCUT2D eigenvalue weighted by Crippen LogP contribution is -2.27. The van der Waals surface area contributed by atoms with Gasteiger partial charge in [0.25, 0.3) is 11.6 Å². The molecule has 0 unspecified atom stereocenters. The van der Waals surface area contributed by atoms with Crippen molar-refractivity contribution >= 4 is 17.4 Å². The number of amides is 1. The molecule has 0 saturated heterocycles. The zero-order chi connectivity index (χ0) is 22.4. The third kappa shape index (κ3) is 5.63. The highest BCUT2D eigenvalue weighted by Crippen LogP contribution is 2.18. The summed E-state index contributed by atoms with van der Waals surface area (Å²) in [5.74, 6) is -0.0508. The lowest BCUT2D eigenvalue weighted by Gasteiger charge is -2.09. The van der Waals surface area contributed by atoms with Crippen LogP contribution in [0, 0.1) is 27.2 Å². The molecule has 160 valence electrons. The molecular weight excluding hydrogens is 406 g/mol. The van der Waals surface area contributed by atoms with Crippen LogP contribution in [0.2, 0.25) is 0 Å². The molecule has 3 aromatic rings. The highest BCUT2D eigenvalue weighted by Gasteiger charge is 2.15. The van der Waals surface area contributed by atoms with Gasteiger partial charge in [0.05, 0.1) is 28.3 Å². The monoisotopic (exact) mass is 425 g/mol. The Bertz CT molecular complexity index is 1110. The summed E-state index contributed by atoms with van der Waals surface area (Å²) >= 11 is 0. The number of nitrogens with one attached hydrogen (secondary N) is 1. The average Bonchev–Trinajstić information content (AvgIpc) is 3.13. The Labute approximate surface area is 176 Å². The molecule has 3 rings (SSSR count). The zero-order valence-electron chi connectivity index (χ0n) is 16.6. The quantitative estimate of drug-likeness (QED) is 0.410. The summed E-state index contributed by atoms with van der Waals surface area (Å²) in [4.78, 5) is 32.8. The summed E-state index contributed by atoms with van der Waals surface area (Å²) in [6, 6.07) is 14.0. The summed E-state index contributed by atoms with van der Waals surface area (Å²) < 4.78 is 7.08. The van der Waals surface area contributed by atoms with Crippen LogP contribution in [0.3, 0.4) is 0 Å². The van der Waals surface area contributed by atoms with Crippen molar-refractivity contribution in [1.29, 1.82) is 0 Å². The molecule has 1 aromatic heterocycles. The lowest BCUT2D eigenvalue weighted by atomic mass is 10.1. The maximum atomic E-state index is 12.4. The molecule has 1 N–H and O–H groups in total. The number of nitro groups is 2. The van der Waals surface area contributed by atoms with Crippen molar-refractivity contribution in [1.82, 2.24) is 15.1 Å². The third-order valence-corrected chi connectivity index (χ3v) is 4.41. The predicted octanol–water partition coefficient (Wildman–Crippen LogP) is 3.02. The van der Waals surface area contributed by atoms with Crippen molar-refractivity contribution in [3.8, 4) is 5.75 Å². The fourth-order valence-electron chi connectivity index (χ4n) is 2.82. The van der Waals surface area contributed by atoms with E-state index in [1.54, 1.807) is 31.2 Å². The Balaban J connectivity index is 1.53. The van der Waals surface area contributed by atoms with Gasteiger partial charge < -0.3 is 20.2 Å². The number of nitrogens with zero attached hydrogens (tertiary/aromatic N) is 4. The van der Waals surface area contributed by atoms with E-state index in [0.29, 0.717) is 23.6 Å². The molecule has 0 aliphatic carbocycles. The van der Waals surface area contributed by atoms with Crippen molar-refractivity contribution in [2.24, 2.45) is 0 Å². The number of aryl methyl sites for hydroxylation is 1. The average molecular weight is 425 g/mol. The van der Waals surface area contributed by atoms with E-state index >= 15 is 0 Å². The highest BCUT2D eigenvalue weighted by molar-refractivity contribution is 5.94. The van der Waals surface area contributed by atoms with Crippen LogP contribution in [0.1, 0.15) is 21.6 Å². The van der Waals surface area contributed by atoms with Crippen LogP contribution in [-0.2, 0) is 13.2 Å². The first-order valence-corrected chi connectivity index (χ1v) is 9.27. The fraction of sp³-hybridized carbons (Fsp3) is 0.200. The molecule has 11 nitrogen and oxygen atoms in total. The first-order valence-electron chi connectivity index (χ1n) is 9.27.